The predicted octanol–water partition coefficient (Wildman–Crippen LogP) is 2.09. The quantitative estimate of drug-likeness (QED) is 0.900. The molecule has 3 rings (SSSR count). The molecule has 3 unspecified atom stereocenters. The van der Waals surface area contributed by atoms with Crippen LogP contribution in [0.15, 0.2) is 24.3 Å². The molecule has 0 spiro atoms. The summed E-state index contributed by atoms with van der Waals surface area (Å²) in [5, 5.41) is 3.54. The summed E-state index contributed by atoms with van der Waals surface area (Å²) in [6, 6.07) is 9.41. The van der Waals surface area contributed by atoms with Gasteiger partial charge in [-0.2, -0.15) is 0 Å². The van der Waals surface area contributed by atoms with Crippen molar-refractivity contribution in [1.82, 2.24) is 10.2 Å². The van der Waals surface area contributed by atoms with Crippen molar-refractivity contribution in [3.05, 3.63) is 35.4 Å². The van der Waals surface area contributed by atoms with Crippen LogP contribution in [0.25, 0.3) is 0 Å². The van der Waals surface area contributed by atoms with E-state index in [9.17, 15) is 4.79 Å². The number of hydrogen-bond donors (Lipinski definition) is 1. The third-order valence-corrected chi connectivity index (χ3v) is 4.50. The molecular weight excluding hydrogens is 236 g/mol. The monoisotopic (exact) mass is 258 g/mol. The highest BCUT2D eigenvalue weighted by Gasteiger charge is 2.43. The van der Waals surface area contributed by atoms with Crippen molar-refractivity contribution in [3.63, 3.8) is 0 Å². The molecule has 2 aliphatic heterocycles. The molecular formula is C16H22N2O. The fourth-order valence-electron chi connectivity index (χ4n) is 3.54. The van der Waals surface area contributed by atoms with Crippen molar-refractivity contribution in [1.29, 1.82) is 0 Å². The highest BCUT2D eigenvalue weighted by Crippen LogP contribution is 2.34. The van der Waals surface area contributed by atoms with Gasteiger partial charge in [0.05, 0.1) is 5.92 Å². The molecule has 1 aromatic rings. The number of nitrogens with zero attached hydrogens (tertiary/aromatic N) is 1. The second-order valence-corrected chi connectivity index (χ2v) is 6.07. The van der Waals surface area contributed by atoms with Gasteiger partial charge in [0, 0.05) is 25.7 Å². The fourth-order valence-corrected chi connectivity index (χ4v) is 3.54. The Hall–Kier alpha value is -1.35. The Morgan fingerprint density at radius 1 is 1.42 bits per heavy atom. The average molecular weight is 258 g/mol. The first-order chi connectivity index (χ1) is 9.13. The van der Waals surface area contributed by atoms with Crippen LogP contribution in [0.1, 0.15) is 30.4 Å². The zero-order chi connectivity index (χ0) is 13.4. The lowest BCUT2D eigenvalue weighted by Crippen LogP contribution is -2.38. The van der Waals surface area contributed by atoms with Crippen LogP contribution >= 0.6 is 0 Å². The lowest BCUT2D eigenvalue weighted by Gasteiger charge is -2.25. The molecule has 2 saturated heterocycles. The molecule has 102 valence electrons. The highest BCUT2D eigenvalue weighted by atomic mass is 16.2. The van der Waals surface area contributed by atoms with E-state index in [4.69, 9.17) is 0 Å². The number of aryl methyl sites for hydroxylation is 1. The first-order valence-electron chi connectivity index (χ1n) is 7.20. The van der Waals surface area contributed by atoms with Gasteiger partial charge in [-0.1, -0.05) is 29.8 Å². The van der Waals surface area contributed by atoms with Crippen LogP contribution in [-0.2, 0) is 11.3 Å². The second-order valence-electron chi connectivity index (χ2n) is 6.07. The van der Waals surface area contributed by atoms with E-state index in [-0.39, 0.29) is 5.92 Å². The van der Waals surface area contributed by atoms with E-state index in [0.29, 0.717) is 24.5 Å². The molecule has 1 aromatic carbocycles. The van der Waals surface area contributed by atoms with E-state index in [1.165, 1.54) is 24.0 Å². The van der Waals surface area contributed by atoms with Gasteiger partial charge in [-0.15, -0.1) is 0 Å². The smallest absolute Gasteiger partial charge is 0.227 e. The number of amides is 1. The Kier molecular flexibility index (Phi) is 3.31. The fraction of sp³-hybridized carbons (Fsp3) is 0.562. The standard InChI is InChI=1S/C16H22N2O/c1-11-4-3-5-12(8-11)10-18(2)16(19)14-9-13-6-7-15(14)17-13/h3-5,8,13-15,17H,6-7,9-10H2,1-2H3. The molecule has 19 heavy (non-hydrogen) atoms. The van der Waals surface area contributed by atoms with Crippen LogP contribution in [0.5, 0.6) is 0 Å². The van der Waals surface area contributed by atoms with Gasteiger partial charge in [0.2, 0.25) is 5.91 Å². The molecule has 2 fully saturated rings. The summed E-state index contributed by atoms with van der Waals surface area (Å²) in [7, 11) is 1.93. The lowest BCUT2D eigenvalue weighted by atomic mass is 9.88. The van der Waals surface area contributed by atoms with Crippen LogP contribution in [-0.4, -0.2) is 29.9 Å². The van der Waals surface area contributed by atoms with E-state index in [1.54, 1.807) is 0 Å². The number of nitrogens with one attached hydrogen (secondary N) is 1. The Bertz CT molecular complexity index is 485. The number of hydrogen-bond acceptors (Lipinski definition) is 2. The van der Waals surface area contributed by atoms with E-state index in [2.05, 4.69) is 36.5 Å². The molecule has 2 aliphatic rings. The zero-order valence-electron chi connectivity index (χ0n) is 11.7. The topological polar surface area (TPSA) is 32.3 Å². The molecule has 1 N–H and O–H groups in total. The molecule has 1 amide bonds. The van der Waals surface area contributed by atoms with Crippen molar-refractivity contribution in [3.8, 4) is 0 Å². The second kappa shape index (κ2) is 4.97. The summed E-state index contributed by atoms with van der Waals surface area (Å²) in [5.74, 6) is 0.509. The molecule has 2 bridgehead atoms. The van der Waals surface area contributed by atoms with Gasteiger partial charge in [0.1, 0.15) is 0 Å². The maximum atomic E-state index is 12.5. The minimum Gasteiger partial charge on any atom is -0.341 e. The summed E-state index contributed by atoms with van der Waals surface area (Å²) >= 11 is 0. The summed E-state index contributed by atoms with van der Waals surface area (Å²) in [5.41, 5.74) is 2.46. The number of carbonyl (C=O) groups excluding carboxylic acids is 1. The summed E-state index contributed by atoms with van der Waals surface area (Å²) < 4.78 is 0. The highest BCUT2D eigenvalue weighted by molar-refractivity contribution is 5.80. The number of benzene rings is 1. The molecule has 3 heteroatoms. The third kappa shape index (κ3) is 2.52. The van der Waals surface area contributed by atoms with Crippen LogP contribution in [0.3, 0.4) is 0 Å². The number of fused-ring (bicyclic) bond motifs is 2. The van der Waals surface area contributed by atoms with Crippen molar-refractivity contribution >= 4 is 5.91 Å². The van der Waals surface area contributed by atoms with E-state index in [0.717, 1.165) is 6.42 Å². The maximum Gasteiger partial charge on any atom is 0.227 e. The van der Waals surface area contributed by atoms with Crippen molar-refractivity contribution < 1.29 is 4.79 Å². The van der Waals surface area contributed by atoms with Gasteiger partial charge in [0.25, 0.3) is 0 Å². The number of rotatable bonds is 3. The summed E-state index contributed by atoms with van der Waals surface area (Å²) in [6.07, 6.45) is 3.44. The van der Waals surface area contributed by atoms with Gasteiger partial charge in [-0.25, -0.2) is 0 Å². The Labute approximate surface area is 115 Å². The molecule has 2 heterocycles. The molecule has 0 aliphatic carbocycles. The van der Waals surface area contributed by atoms with Crippen LogP contribution in [0.4, 0.5) is 0 Å². The van der Waals surface area contributed by atoms with Crippen molar-refractivity contribution in [2.75, 3.05) is 7.05 Å². The lowest BCUT2D eigenvalue weighted by molar-refractivity contribution is -0.135. The first-order valence-corrected chi connectivity index (χ1v) is 7.20. The largest absolute Gasteiger partial charge is 0.341 e. The van der Waals surface area contributed by atoms with Crippen LogP contribution in [0.2, 0.25) is 0 Å². The van der Waals surface area contributed by atoms with Gasteiger partial charge in [0.15, 0.2) is 0 Å². The summed E-state index contributed by atoms with van der Waals surface area (Å²) in [4.78, 5) is 14.4. The van der Waals surface area contributed by atoms with Gasteiger partial charge >= 0.3 is 0 Å². The Morgan fingerprint density at radius 2 is 2.26 bits per heavy atom. The Morgan fingerprint density at radius 3 is 2.89 bits per heavy atom. The van der Waals surface area contributed by atoms with Crippen molar-refractivity contribution in [2.45, 2.75) is 44.8 Å². The zero-order valence-corrected chi connectivity index (χ0v) is 11.7. The van der Waals surface area contributed by atoms with Gasteiger partial charge in [-0.05, 0) is 31.7 Å². The van der Waals surface area contributed by atoms with Gasteiger partial charge in [-0.3, -0.25) is 4.79 Å². The number of carbonyl (C=O) groups is 1. The predicted molar refractivity (Wildman–Crippen MR) is 75.7 cm³/mol. The third-order valence-electron chi connectivity index (χ3n) is 4.50. The van der Waals surface area contributed by atoms with E-state index in [1.807, 2.05) is 11.9 Å². The molecule has 0 saturated carbocycles. The van der Waals surface area contributed by atoms with Gasteiger partial charge < -0.3 is 10.2 Å². The first kappa shape index (κ1) is 12.7. The molecule has 3 nitrogen and oxygen atoms in total. The molecule has 3 atom stereocenters. The summed E-state index contributed by atoms with van der Waals surface area (Å²) in [6.45, 7) is 2.81. The average Bonchev–Trinajstić information content (AvgIpc) is 3.00. The Balaban J connectivity index is 1.64. The SMILES string of the molecule is Cc1cccc(CN(C)C(=O)C2CC3CCC2N3)c1. The normalized spacial score (nSPS) is 28.6. The minimum atomic E-state index is 0.202. The van der Waals surface area contributed by atoms with Crippen molar-refractivity contribution in [2.24, 2.45) is 5.92 Å². The maximum absolute atomic E-state index is 12.5. The van der Waals surface area contributed by atoms with Crippen LogP contribution < -0.4 is 5.32 Å². The van der Waals surface area contributed by atoms with E-state index >= 15 is 0 Å². The molecule has 0 radical (unpaired) electrons. The van der Waals surface area contributed by atoms with Crippen LogP contribution in [0, 0.1) is 12.8 Å². The molecule has 0 aromatic heterocycles. The minimum absolute atomic E-state index is 0.202. The van der Waals surface area contributed by atoms with E-state index < -0.39 is 0 Å².